The minimum atomic E-state index is 0.690. The van der Waals surface area contributed by atoms with Crippen LogP contribution in [-0.2, 0) is 6.54 Å². The van der Waals surface area contributed by atoms with Crippen LogP contribution in [0.15, 0.2) is 22.7 Å². The van der Waals surface area contributed by atoms with E-state index in [1.165, 1.54) is 5.56 Å². The maximum absolute atomic E-state index is 5.77. The largest absolute Gasteiger partial charge is 0.399 e. The van der Waals surface area contributed by atoms with Crippen LogP contribution in [0.25, 0.3) is 0 Å². The molecule has 0 aliphatic heterocycles. The van der Waals surface area contributed by atoms with E-state index in [9.17, 15) is 0 Å². The highest BCUT2D eigenvalue weighted by molar-refractivity contribution is 9.10. The van der Waals surface area contributed by atoms with Crippen molar-refractivity contribution < 1.29 is 0 Å². The molecule has 0 unspecified atom stereocenters. The maximum Gasteiger partial charge on any atom is 0.0318 e. The van der Waals surface area contributed by atoms with E-state index in [1.807, 2.05) is 18.2 Å². The van der Waals surface area contributed by atoms with Gasteiger partial charge in [-0.3, -0.25) is 0 Å². The molecule has 0 radical (unpaired) electrons. The summed E-state index contributed by atoms with van der Waals surface area (Å²) in [7, 11) is 2.13. The van der Waals surface area contributed by atoms with Gasteiger partial charge in [0.05, 0.1) is 0 Å². The predicted molar refractivity (Wildman–Crippen MR) is 69.7 cm³/mol. The number of nitrogens with zero attached hydrogens (tertiary/aromatic N) is 1. The van der Waals surface area contributed by atoms with Crippen LogP contribution in [0.1, 0.15) is 19.4 Å². The van der Waals surface area contributed by atoms with Crippen molar-refractivity contribution in [1.29, 1.82) is 0 Å². The minimum Gasteiger partial charge on any atom is -0.399 e. The summed E-state index contributed by atoms with van der Waals surface area (Å²) in [6, 6.07) is 5.95. The third-order valence-electron chi connectivity index (χ3n) is 2.19. The average molecular weight is 271 g/mol. The Balaban J connectivity index is 2.67. The number of nitrogen functional groups attached to an aromatic ring is 1. The molecule has 0 aliphatic rings. The number of halogens is 1. The Labute approximate surface area is 101 Å². The van der Waals surface area contributed by atoms with Crippen LogP contribution in [0.4, 0.5) is 5.69 Å². The molecule has 0 atom stereocenters. The number of hydrogen-bond donors (Lipinski definition) is 1. The molecule has 1 aromatic rings. The molecular weight excluding hydrogens is 252 g/mol. The summed E-state index contributed by atoms with van der Waals surface area (Å²) in [6.07, 6.45) is 0. The van der Waals surface area contributed by atoms with Crippen LogP contribution in [0.3, 0.4) is 0 Å². The van der Waals surface area contributed by atoms with Crippen molar-refractivity contribution >= 4 is 21.6 Å². The number of rotatable bonds is 4. The molecular formula is C12H19BrN2. The van der Waals surface area contributed by atoms with Gasteiger partial charge in [-0.25, -0.2) is 0 Å². The molecule has 0 fully saturated rings. The van der Waals surface area contributed by atoms with Crippen LogP contribution in [0, 0.1) is 5.92 Å². The van der Waals surface area contributed by atoms with Gasteiger partial charge in [-0.1, -0.05) is 29.8 Å². The third-order valence-corrected chi connectivity index (χ3v) is 2.96. The van der Waals surface area contributed by atoms with E-state index >= 15 is 0 Å². The van der Waals surface area contributed by atoms with Crippen molar-refractivity contribution in [2.24, 2.45) is 5.92 Å². The van der Waals surface area contributed by atoms with Gasteiger partial charge in [0.2, 0.25) is 0 Å². The van der Waals surface area contributed by atoms with Crippen LogP contribution in [-0.4, -0.2) is 18.5 Å². The lowest BCUT2D eigenvalue weighted by Gasteiger charge is -2.19. The van der Waals surface area contributed by atoms with Crippen molar-refractivity contribution in [1.82, 2.24) is 4.90 Å². The molecule has 84 valence electrons. The van der Waals surface area contributed by atoms with Crippen LogP contribution >= 0.6 is 15.9 Å². The molecule has 0 spiro atoms. The van der Waals surface area contributed by atoms with E-state index in [0.29, 0.717) is 5.92 Å². The van der Waals surface area contributed by atoms with Crippen molar-refractivity contribution in [3.63, 3.8) is 0 Å². The summed E-state index contributed by atoms with van der Waals surface area (Å²) in [5, 5.41) is 0. The highest BCUT2D eigenvalue weighted by atomic mass is 79.9. The van der Waals surface area contributed by atoms with E-state index in [-0.39, 0.29) is 0 Å². The first kappa shape index (κ1) is 12.5. The van der Waals surface area contributed by atoms with E-state index < -0.39 is 0 Å². The Morgan fingerprint density at radius 3 is 2.67 bits per heavy atom. The highest BCUT2D eigenvalue weighted by Gasteiger charge is 2.06. The van der Waals surface area contributed by atoms with Gasteiger partial charge in [-0.05, 0) is 36.7 Å². The summed E-state index contributed by atoms with van der Waals surface area (Å²) in [6.45, 7) is 6.49. The zero-order valence-electron chi connectivity index (χ0n) is 9.63. The monoisotopic (exact) mass is 270 g/mol. The molecule has 1 aromatic carbocycles. The zero-order chi connectivity index (χ0) is 11.4. The van der Waals surface area contributed by atoms with E-state index in [4.69, 9.17) is 5.73 Å². The third kappa shape index (κ3) is 4.22. The Kier molecular flexibility index (Phi) is 4.61. The molecule has 0 bridgehead atoms. The summed E-state index contributed by atoms with van der Waals surface area (Å²) in [5.74, 6) is 0.690. The first-order chi connectivity index (χ1) is 6.99. The molecule has 3 heteroatoms. The first-order valence-corrected chi connectivity index (χ1v) is 6.00. The smallest absolute Gasteiger partial charge is 0.0318 e. The van der Waals surface area contributed by atoms with Gasteiger partial charge in [-0.2, -0.15) is 0 Å². The number of nitrogens with two attached hydrogens (primary N) is 1. The molecule has 0 aliphatic carbocycles. The lowest BCUT2D eigenvalue weighted by atomic mass is 10.1. The molecule has 2 N–H and O–H groups in total. The molecule has 0 saturated heterocycles. The molecule has 0 heterocycles. The molecule has 1 rings (SSSR count). The number of anilines is 1. The fourth-order valence-electron chi connectivity index (χ4n) is 1.69. The molecule has 0 saturated carbocycles. The summed E-state index contributed by atoms with van der Waals surface area (Å²) in [5.41, 5.74) is 7.84. The van der Waals surface area contributed by atoms with Gasteiger partial charge in [0.25, 0.3) is 0 Å². The second-order valence-electron chi connectivity index (χ2n) is 4.44. The fraction of sp³-hybridized carbons (Fsp3) is 0.500. The molecule has 15 heavy (non-hydrogen) atoms. The molecule has 2 nitrogen and oxygen atoms in total. The standard InChI is InChI=1S/C12H19BrN2/c1-9(2)7-15(3)8-10-6-11(14)4-5-12(10)13/h4-6,9H,7-8,14H2,1-3H3. The predicted octanol–water partition coefficient (Wildman–Crippen LogP) is 3.12. The number of hydrogen-bond acceptors (Lipinski definition) is 2. The second kappa shape index (κ2) is 5.52. The second-order valence-corrected chi connectivity index (χ2v) is 5.30. The molecule has 0 aromatic heterocycles. The SMILES string of the molecule is CC(C)CN(C)Cc1cc(N)ccc1Br. The summed E-state index contributed by atoms with van der Waals surface area (Å²) >= 11 is 3.54. The van der Waals surface area contributed by atoms with Crippen LogP contribution in [0.5, 0.6) is 0 Å². The van der Waals surface area contributed by atoms with E-state index in [2.05, 4.69) is 41.7 Å². The van der Waals surface area contributed by atoms with Gasteiger partial charge in [0.15, 0.2) is 0 Å². The van der Waals surface area contributed by atoms with Gasteiger partial charge in [-0.15, -0.1) is 0 Å². The lowest BCUT2D eigenvalue weighted by molar-refractivity contribution is 0.288. The Hall–Kier alpha value is -0.540. The van der Waals surface area contributed by atoms with Crippen molar-refractivity contribution in [3.05, 3.63) is 28.2 Å². The quantitative estimate of drug-likeness (QED) is 0.852. The van der Waals surface area contributed by atoms with Gasteiger partial charge >= 0.3 is 0 Å². The Morgan fingerprint density at radius 1 is 1.40 bits per heavy atom. The van der Waals surface area contributed by atoms with Crippen molar-refractivity contribution in [3.8, 4) is 0 Å². The van der Waals surface area contributed by atoms with Gasteiger partial charge in [0, 0.05) is 23.2 Å². The summed E-state index contributed by atoms with van der Waals surface area (Å²) < 4.78 is 1.13. The zero-order valence-corrected chi connectivity index (χ0v) is 11.2. The van der Waals surface area contributed by atoms with Gasteiger partial charge in [0.1, 0.15) is 0 Å². The normalized spacial score (nSPS) is 11.3. The van der Waals surface area contributed by atoms with E-state index in [1.54, 1.807) is 0 Å². The van der Waals surface area contributed by atoms with Gasteiger partial charge < -0.3 is 10.6 Å². The maximum atomic E-state index is 5.77. The minimum absolute atomic E-state index is 0.690. The highest BCUT2D eigenvalue weighted by Crippen LogP contribution is 2.20. The van der Waals surface area contributed by atoms with E-state index in [0.717, 1.165) is 23.2 Å². The Bertz CT molecular complexity index is 323. The summed E-state index contributed by atoms with van der Waals surface area (Å²) in [4.78, 5) is 2.31. The Morgan fingerprint density at radius 2 is 2.07 bits per heavy atom. The van der Waals surface area contributed by atoms with Crippen LogP contribution < -0.4 is 5.73 Å². The van der Waals surface area contributed by atoms with Crippen molar-refractivity contribution in [2.45, 2.75) is 20.4 Å². The lowest BCUT2D eigenvalue weighted by Crippen LogP contribution is -2.22. The first-order valence-electron chi connectivity index (χ1n) is 5.21. The van der Waals surface area contributed by atoms with Crippen LogP contribution in [0.2, 0.25) is 0 Å². The fourth-order valence-corrected chi connectivity index (χ4v) is 2.07. The average Bonchev–Trinajstić information content (AvgIpc) is 2.10. The number of benzene rings is 1. The van der Waals surface area contributed by atoms with Crippen molar-refractivity contribution in [2.75, 3.05) is 19.3 Å². The topological polar surface area (TPSA) is 29.3 Å². The molecule has 0 amide bonds.